The lowest BCUT2D eigenvalue weighted by Gasteiger charge is -2.46. The van der Waals surface area contributed by atoms with Crippen LogP contribution in [0.3, 0.4) is 0 Å². The molecule has 1 aliphatic carbocycles. The minimum Gasteiger partial charge on any atom is -0.368 e. The zero-order chi connectivity index (χ0) is 21.3. The van der Waals surface area contributed by atoms with E-state index in [0.717, 1.165) is 63.0 Å². The van der Waals surface area contributed by atoms with Crippen LogP contribution in [0.2, 0.25) is 0 Å². The molecule has 2 heterocycles. The predicted molar refractivity (Wildman–Crippen MR) is 122 cm³/mol. The van der Waals surface area contributed by atoms with E-state index in [1.807, 2.05) is 40.1 Å². The van der Waals surface area contributed by atoms with E-state index in [1.165, 1.54) is 12.1 Å². The van der Waals surface area contributed by atoms with Crippen LogP contribution in [0.4, 0.5) is 5.69 Å². The van der Waals surface area contributed by atoms with Gasteiger partial charge in [-0.15, -0.1) is 0 Å². The number of rotatable bonds is 4. The van der Waals surface area contributed by atoms with Gasteiger partial charge in [-0.05, 0) is 36.6 Å². The molecule has 31 heavy (non-hydrogen) atoms. The lowest BCUT2D eigenvalue weighted by Crippen LogP contribution is -2.55. The molecule has 2 aliphatic heterocycles. The molecule has 5 nitrogen and oxygen atoms in total. The van der Waals surface area contributed by atoms with E-state index in [9.17, 15) is 9.59 Å². The number of hydrogen-bond acceptors (Lipinski definition) is 3. The smallest absolute Gasteiger partial charge is 0.254 e. The van der Waals surface area contributed by atoms with Crippen LogP contribution >= 0.6 is 0 Å². The highest BCUT2D eigenvalue weighted by atomic mass is 16.2. The molecular formula is C26H31N3O2. The van der Waals surface area contributed by atoms with Gasteiger partial charge < -0.3 is 14.7 Å². The van der Waals surface area contributed by atoms with E-state index in [1.54, 1.807) is 0 Å². The fourth-order valence-corrected chi connectivity index (χ4v) is 5.64. The number of para-hydroxylation sites is 1. The Bertz CT molecular complexity index is 944. The second-order valence-electron chi connectivity index (χ2n) is 9.21. The summed E-state index contributed by atoms with van der Waals surface area (Å²) in [5.74, 6) is 0.317. The summed E-state index contributed by atoms with van der Waals surface area (Å²) in [7, 11) is 0. The van der Waals surface area contributed by atoms with Gasteiger partial charge in [0, 0.05) is 44.0 Å². The Morgan fingerprint density at radius 2 is 1.52 bits per heavy atom. The molecule has 0 unspecified atom stereocenters. The van der Waals surface area contributed by atoms with Crippen LogP contribution in [0, 0.1) is 0 Å². The van der Waals surface area contributed by atoms with Gasteiger partial charge >= 0.3 is 0 Å². The van der Waals surface area contributed by atoms with Crippen molar-refractivity contribution in [2.75, 3.05) is 31.1 Å². The maximum Gasteiger partial charge on any atom is 0.254 e. The fourth-order valence-electron chi connectivity index (χ4n) is 5.64. The molecular weight excluding hydrogens is 386 g/mol. The fraction of sp³-hybridized carbons (Fsp3) is 0.462. The number of carbonyl (C=O) groups is 2. The number of benzene rings is 2. The van der Waals surface area contributed by atoms with Crippen molar-refractivity contribution in [3.63, 3.8) is 0 Å². The lowest BCUT2D eigenvalue weighted by molar-refractivity contribution is -0.135. The van der Waals surface area contributed by atoms with Crippen molar-refractivity contribution in [2.24, 2.45) is 0 Å². The number of fused-ring (bicyclic) bond motifs is 1. The minimum atomic E-state index is -0.331. The summed E-state index contributed by atoms with van der Waals surface area (Å²) in [5, 5.41) is 0. The van der Waals surface area contributed by atoms with Crippen LogP contribution in [0.1, 0.15) is 54.4 Å². The van der Waals surface area contributed by atoms with Gasteiger partial charge in [-0.25, -0.2) is 0 Å². The average Bonchev–Trinajstić information content (AvgIpc) is 3.18. The summed E-state index contributed by atoms with van der Waals surface area (Å²) in [4.78, 5) is 33.1. The van der Waals surface area contributed by atoms with Gasteiger partial charge in [-0.1, -0.05) is 55.7 Å². The van der Waals surface area contributed by atoms with Crippen molar-refractivity contribution >= 4 is 17.5 Å². The summed E-state index contributed by atoms with van der Waals surface area (Å²) in [5.41, 5.74) is 2.80. The second-order valence-corrected chi connectivity index (χ2v) is 9.21. The molecule has 2 aromatic carbocycles. The first-order valence-electron chi connectivity index (χ1n) is 11.6. The summed E-state index contributed by atoms with van der Waals surface area (Å²) >= 11 is 0. The van der Waals surface area contributed by atoms with Crippen molar-refractivity contribution in [2.45, 2.75) is 50.6 Å². The minimum absolute atomic E-state index is 0.110. The van der Waals surface area contributed by atoms with Crippen molar-refractivity contribution in [1.82, 2.24) is 9.80 Å². The molecule has 162 valence electrons. The predicted octanol–water partition coefficient (Wildman–Crippen LogP) is 4.08. The van der Waals surface area contributed by atoms with Gasteiger partial charge in [0.15, 0.2) is 0 Å². The third kappa shape index (κ3) is 3.82. The van der Waals surface area contributed by atoms with Crippen molar-refractivity contribution in [1.29, 1.82) is 0 Å². The molecule has 5 heteroatoms. The monoisotopic (exact) mass is 417 g/mol. The summed E-state index contributed by atoms with van der Waals surface area (Å²) in [6, 6.07) is 18.3. The lowest BCUT2D eigenvalue weighted by atomic mass is 9.77. The molecule has 3 aliphatic rings. The summed E-state index contributed by atoms with van der Waals surface area (Å²) < 4.78 is 0. The molecule has 0 atom stereocenters. The Balaban J connectivity index is 1.29. The molecule has 1 saturated heterocycles. The van der Waals surface area contributed by atoms with Crippen LogP contribution in [-0.4, -0.2) is 53.3 Å². The zero-order valence-electron chi connectivity index (χ0n) is 18.1. The number of hydrogen-bond donors (Lipinski definition) is 0. The molecule has 0 N–H and O–H groups in total. The number of nitrogens with zero attached hydrogens (tertiary/aromatic N) is 3. The Morgan fingerprint density at radius 3 is 2.23 bits per heavy atom. The van der Waals surface area contributed by atoms with Gasteiger partial charge in [0.25, 0.3) is 5.91 Å². The largest absolute Gasteiger partial charge is 0.368 e. The van der Waals surface area contributed by atoms with Gasteiger partial charge in [0.1, 0.15) is 0 Å². The molecule has 2 aromatic rings. The van der Waals surface area contributed by atoms with Crippen LogP contribution < -0.4 is 4.90 Å². The van der Waals surface area contributed by atoms with E-state index < -0.39 is 0 Å². The van der Waals surface area contributed by atoms with Crippen molar-refractivity contribution in [3.8, 4) is 0 Å². The number of piperazine rings is 1. The first kappa shape index (κ1) is 20.1. The van der Waals surface area contributed by atoms with E-state index in [-0.39, 0.29) is 17.4 Å². The number of amides is 2. The highest BCUT2D eigenvalue weighted by Gasteiger charge is 2.46. The van der Waals surface area contributed by atoms with Gasteiger partial charge in [0.05, 0.1) is 12.0 Å². The first-order valence-corrected chi connectivity index (χ1v) is 11.6. The molecule has 5 rings (SSSR count). The molecule has 0 aromatic heterocycles. The average molecular weight is 418 g/mol. The van der Waals surface area contributed by atoms with E-state index >= 15 is 0 Å². The van der Waals surface area contributed by atoms with Gasteiger partial charge in [0.2, 0.25) is 5.91 Å². The van der Waals surface area contributed by atoms with E-state index in [2.05, 4.69) is 29.2 Å². The molecule has 0 bridgehead atoms. The van der Waals surface area contributed by atoms with Crippen molar-refractivity contribution < 1.29 is 9.59 Å². The Labute approximate surface area is 184 Å². The second kappa shape index (κ2) is 8.37. The third-order valence-corrected chi connectivity index (χ3v) is 7.41. The van der Waals surface area contributed by atoms with Crippen LogP contribution in [-0.2, 0) is 11.3 Å². The SMILES string of the molecule is O=C(CC1(N2Cc3ccccc3C2=O)CCCCC1)N1CCN(c2ccccc2)CC1. The topological polar surface area (TPSA) is 43.9 Å². The van der Waals surface area contributed by atoms with Gasteiger partial charge in [-0.2, -0.15) is 0 Å². The van der Waals surface area contributed by atoms with Crippen molar-refractivity contribution in [3.05, 3.63) is 65.7 Å². The van der Waals surface area contributed by atoms with Gasteiger partial charge in [-0.3, -0.25) is 9.59 Å². The van der Waals surface area contributed by atoms with E-state index in [0.29, 0.717) is 13.0 Å². The number of carbonyl (C=O) groups excluding carboxylic acids is 2. The standard InChI is InChI=1S/C26H31N3O2/c30-24(28-17-15-27(16-18-28)22-10-3-1-4-11-22)19-26(13-7-2-8-14-26)29-20-21-9-5-6-12-23(21)25(29)31/h1,3-6,9-12H,2,7-8,13-20H2. The van der Waals surface area contributed by atoms with Crippen LogP contribution in [0.15, 0.2) is 54.6 Å². The molecule has 2 amide bonds. The van der Waals surface area contributed by atoms with E-state index in [4.69, 9.17) is 0 Å². The van der Waals surface area contributed by atoms with Crippen LogP contribution in [0.25, 0.3) is 0 Å². The highest BCUT2D eigenvalue weighted by molar-refractivity contribution is 5.99. The number of anilines is 1. The molecule has 0 spiro atoms. The highest BCUT2D eigenvalue weighted by Crippen LogP contribution is 2.41. The maximum atomic E-state index is 13.4. The molecule has 2 fully saturated rings. The zero-order valence-corrected chi connectivity index (χ0v) is 18.1. The first-order chi connectivity index (χ1) is 15.2. The quantitative estimate of drug-likeness (QED) is 0.753. The molecule has 1 saturated carbocycles. The normalized spacial score (nSPS) is 20.6. The third-order valence-electron chi connectivity index (χ3n) is 7.41. The maximum absolute atomic E-state index is 13.4. The summed E-state index contributed by atoms with van der Waals surface area (Å²) in [6.45, 7) is 3.85. The Morgan fingerprint density at radius 1 is 0.839 bits per heavy atom. The Kier molecular flexibility index (Phi) is 5.43. The van der Waals surface area contributed by atoms with Crippen LogP contribution in [0.5, 0.6) is 0 Å². The summed E-state index contributed by atoms with van der Waals surface area (Å²) in [6.07, 6.45) is 5.70. The Hall–Kier alpha value is -2.82. The molecule has 0 radical (unpaired) electrons.